The molecular weight excluding hydrogens is 266 g/mol. The van der Waals surface area contributed by atoms with Crippen molar-refractivity contribution in [2.75, 3.05) is 0 Å². The molecule has 0 radical (unpaired) electrons. The van der Waals surface area contributed by atoms with Crippen LogP contribution in [0.2, 0.25) is 0 Å². The Morgan fingerprint density at radius 1 is 1.10 bits per heavy atom. The standard InChI is InChI=1S/C16H15N3O2/c17-16-15(9-8-14-7-4-12-20-14)19(18-21-16)11-10-13-5-2-1-3-6-13/h1-9,12,17H,10-11H2/b9-8+,17-16?. The Kier molecular flexibility index (Phi) is 3.82. The average Bonchev–Trinajstić information content (AvgIpc) is 3.14. The van der Waals surface area contributed by atoms with Crippen molar-refractivity contribution in [1.82, 2.24) is 5.27 Å². The number of aryl methyl sites for hydroxylation is 2. The number of rotatable bonds is 5. The molecule has 21 heavy (non-hydrogen) atoms. The molecule has 0 atom stereocenters. The molecule has 106 valence electrons. The summed E-state index contributed by atoms with van der Waals surface area (Å²) in [5.41, 5.74) is 1.90. The first-order valence-electron chi connectivity index (χ1n) is 6.70. The first kappa shape index (κ1) is 13.2. The van der Waals surface area contributed by atoms with Crippen LogP contribution in [-0.4, -0.2) is 0 Å². The maximum absolute atomic E-state index is 7.77. The number of nitrogens with zero attached hydrogens (tertiary/aromatic N) is 2. The molecule has 3 aromatic rings. The molecule has 5 nitrogen and oxygen atoms in total. The SMILES string of the molecule is N=c1o[n-][n+](CCc2ccccc2)c1/C=C/c1ccco1. The monoisotopic (exact) mass is 281 g/mol. The Morgan fingerprint density at radius 3 is 2.71 bits per heavy atom. The highest BCUT2D eigenvalue weighted by Crippen LogP contribution is 2.04. The average molecular weight is 281 g/mol. The Hall–Kier alpha value is -2.82. The van der Waals surface area contributed by atoms with E-state index in [-0.39, 0.29) is 5.55 Å². The van der Waals surface area contributed by atoms with Crippen molar-refractivity contribution in [2.24, 2.45) is 0 Å². The van der Waals surface area contributed by atoms with E-state index in [2.05, 4.69) is 17.4 Å². The van der Waals surface area contributed by atoms with Gasteiger partial charge in [0.1, 0.15) is 12.3 Å². The summed E-state index contributed by atoms with van der Waals surface area (Å²) in [5, 5.41) is 11.7. The van der Waals surface area contributed by atoms with Crippen LogP contribution in [0.5, 0.6) is 0 Å². The molecule has 0 aliphatic carbocycles. The highest BCUT2D eigenvalue weighted by molar-refractivity contribution is 5.63. The molecule has 5 heteroatoms. The molecule has 2 aromatic heterocycles. The van der Waals surface area contributed by atoms with Crippen LogP contribution in [0.3, 0.4) is 0 Å². The fourth-order valence-electron chi connectivity index (χ4n) is 2.05. The van der Waals surface area contributed by atoms with Crippen LogP contribution in [0.25, 0.3) is 12.2 Å². The molecule has 0 amide bonds. The normalized spacial score (nSPS) is 11.2. The largest absolute Gasteiger partial charge is 0.487 e. The zero-order valence-electron chi connectivity index (χ0n) is 11.4. The Morgan fingerprint density at radius 2 is 1.95 bits per heavy atom. The molecule has 1 N–H and O–H groups in total. The van der Waals surface area contributed by atoms with Gasteiger partial charge in [-0.05, 0) is 23.8 Å². The van der Waals surface area contributed by atoms with Gasteiger partial charge in [0.05, 0.1) is 6.26 Å². The van der Waals surface area contributed by atoms with Gasteiger partial charge in [-0.1, -0.05) is 30.3 Å². The third kappa shape index (κ3) is 3.20. The molecule has 0 fully saturated rings. The molecule has 0 saturated carbocycles. The van der Waals surface area contributed by atoms with Crippen LogP contribution in [-0.2, 0) is 13.0 Å². The van der Waals surface area contributed by atoms with Gasteiger partial charge in [0.25, 0.3) is 11.2 Å². The maximum Gasteiger partial charge on any atom is 0.273 e. The van der Waals surface area contributed by atoms with E-state index in [4.69, 9.17) is 14.3 Å². The number of aromatic nitrogens is 2. The summed E-state index contributed by atoms with van der Waals surface area (Å²) in [5.74, 6) is 0.727. The van der Waals surface area contributed by atoms with Crippen LogP contribution in [0.15, 0.2) is 57.7 Å². The van der Waals surface area contributed by atoms with Crippen molar-refractivity contribution >= 4 is 12.2 Å². The molecule has 2 heterocycles. The first-order valence-corrected chi connectivity index (χ1v) is 6.70. The highest BCUT2D eigenvalue weighted by Gasteiger charge is 2.09. The number of hydrogen-bond donors (Lipinski definition) is 1. The molecule has 0 aliphatic rings. The predicted molar refractivity (Wildman–Crippen MR) is 75.9 cm³/mol. The number of benzene rings is 1. The van der Waals surface area contributed by atoms with Crippen molar-refractivity contribution in [1.29, 1.82) is 5.41 Å². The highest BCUT2D eigenvalue weighted by atomic mass is 16.5. The number of hydrogen-bond acceptors (Lipinski definition) is 3. The fourth-order valence-corrected chi connectivity index (χ4v) is 2.05. The minimum atomic E-state index is 0.0471. The number of nitrogens with one attached hydrogen (secondary N) is 1. The third-order valence-corrected chi connectivity index (χ3v) is 3.15. The van der Waals surface area contributed by atoms with Gasteiger partial charge in [-0.25, -0.2) is 4.68 Å². The summed E-state index contributed by atoms with van der Waals surface area (Å²) in [4.78, 5) is 0. The molecule has 0 unspecified atom stereocenters. The third-order valence-electron chi connectivity index (χ3n) is 3.15. The van der Waals surface area contributed by atoms with Gasteiger partial charge >= 0.3 is 0 Å². The lowest BCUT2D eigenvalue weighted by molar-refractivity contribution is -0.768. The van der Waals surface area contributed by atoms with Gasteiger partial charge in [0, 0.05) is 12.5 Å². The number of furan rings is 1. The van der Waals surface area contributed by atoms with Gasteiger partial charge in [-0.3, -0.25) is 10.7 Å². The van der Waals surface area contributed by atoms with Gasteiger partial charge in [0.2, 0.25) is 0 Å². The summed E-state index contributed by atoms with van der Waals surface area (Å²) in [6.07, 6.45) is 6.02. The predicted octanol–water partition coefficient (Wildman–Crippen LogP) is 2.01. The van der Waals surface area contributed by atoms with Gasteiger partial charge in [-0.2, -0.15) is 0 Å². The van der Waals surface area contributed by atoms with Gasteiger partial charge < -0.3 is 8.94 Å². The molecule has 0 saturated heterocycles. The lowest BCUT2D eigenvalue weighted by atomic mass is 10.1. The summed E-state index contributed by atoms with van der Waals surface area (Å²) < 4.78 is 11.9. The summed E-state index contributed by atoms with van der Waals surface area (Å²) in [6.45, 7) is 0.657. The van der Waals surface area contributed by atoms with E-state index in [1.807, 2.05) is 30.3 Å². The van der Waals surface area contributed by atoms with Crippen LogP contribution >= 0.6 is 0 Å². The van der Waals surface area contributed by atoms with Crippen LogP contribution in [0, 0.1) is 5.41 Å². The van der Waals surface area contributed by atoms with Crippen LogP contribution < -0.4 is 15.5 Å². The smallest absolute Gasteiger partial charge is 0.273 e. The van der Waals surface area contributed by atoms with Gasteiger partial charge in [-0.15, -0.1) is 0 Å². The Bertz CT molecular complexity index is 767. The zero-order valence-corrected chi connectivity index (χ0v) is 11.4. The van der Waals surface area contributed by atoms with Crippen molar-refractivity contribution < 1.29 is 13.6 Å². The minimum absolute atomic E-state index is 0.0471. The molecule has 1 aromatic carbocycles. The van der Waals surface area contributed by atoms with E-state index >= 15 is 0 Å². The topological polar surface area (TPSA) is 68.1 Å². The van der Waals surface area contributed by atoms with Crippen LogP contribution in [0.4, 0.5) is 0 Å². The lowest BCUT2D eigenvalue weighted by Gasteiger charge is -2.00. The molecule has 0 spiro atoms. The van der Waals surface area contributed by atoms with Crippen molar-refractivity contribution in [3.8, 4) is 0 Å². The Labute approximate surface area is 121 Å². The van der Waals surface area contributed by atoms with E-state index in [0.717, 1.165) is 12.2 Å². The quantitative estimate of drug-likeness (QED) is 0.727. The minimum Gasteiger partial charge on any atom is -0.487 e. The van der Waals surface area contributed by atoms with Gasteiger partial charge in [0.15, 0.2) is 0 Å². The fraction of sp³-hybridized carbons (Fsp3) is 0.125. The van der Waals surface area contributed by atoms with E-state index in [1.165, 1.54) is 5.56 Å². The summed E-state index contributed by atoms with van der Waals surface area (Å²) >= 11 is 0. The second kappa shape index (κ2) is 6.09. The molecule has 3 rings (SSSR count). The van der Waals surface area contributed by atoms with E-state index in [0.29, 0.717) is 12.2 Å². The van der Waals surface area contributed by atoms with Crippen molar-refractivity contribution in [2.45, 2.75) is 13.0 Å². The van der Waals surface area contributed by atoms with Crippen molar-refractivity contribution in [3.05, 3.63) is 71.3 Å². The second-order valence-electron chi connectivity index (χ2n) is 4.59. The van der Waals surface area contributed by atoms with E-state index in [1.54, 1.807) is 23.1 Å². The maximum atomic E-state index is 7.77. The summed E-state index contributed by atoms with van der Waals surface area (Å²) in [6, 6.07) is 13.8. The Balaban J connectivity index is 1.76. The van der Waals surface area contributed by atoms with E-state index in [9.17, 15) is 0 Å². The molecule has 0 aliphatic heterocycles. The van der Waals surface area contributed by atoms with Crippen molar-refractivity contribution in [3.63, 3.8) is 0 Å². The first-order chi connectivity index (χ1) is 10.3. The second-order valence-corrected chi connectivity index (χ2v) is 4.59. The molecule has 0 bridgehead atoms. The van der Waals surface area contributed by atoms with E-state index < -0.39 is 0 Å². The summed E-state index contributed by atoms with van der Waals surface area (Å²) in [7, 11) is 0. The zero-order chi connectivity index (χ0) is 14.5. The lowest BCUT2D eigenvalue weighted by Crippen LogP contribution is -2.42. The van der Waals surface area contributed by atoms with Crippen LogP contribution in [0.1, 0.15) is 17.0 Å². The molecular formula is C16H15N3O2.